The van der Waals surface area contributed by atoms with Crippen molar-refractivity contribution >= 4 is 56.3 Å². The summed E-state index contributed by atoms with van der Waals surface area (Å²) in [5.74, 6) is -3.88. The number of ether oxygens (including phenoxy) is 1. The predicted octanol–water partition coefficient (Wildman–Crippen LogP) is 5.14. The molecule has 3 aromatic rings. The van der Waals surface area contributed by atoms with Gasteiger partial charge in [-0.1, -0.05) is 23.7 Å². The second-order valence-corrected chi connectivity index (χ2v) is 13.6. The summed E-state index contributed by atoms with van der Waals surface area (Å²) in [4.78, 5) is 22.8. The first-order valence-corrected chi connectivity index (χ1v) is 15.3. The Labute approximate surface area is 245 Å². The number of hydrogen-bond donors (Lipinski definition) is 4. The molecule has 0 spiro atoms. The number of benzene rings is 2. The molecule has 0 aliphatic carbocycles. The quantitative estimate of drug-likeness (QED) is 0.224. The van der Waals surface area contributed by atoms with E-state index in [1.54, 1.807) is 18.2 Å². The molecule has 5 N–H and O–H groups in total. The largest absolute Gasteiger partial charge is 0.479 e. The monoisotopic (exact) mass is 625 g/mol. The second-order valence-electron chi connectivity index (χ2n) is 10.3. The number of carboxylic acids is 2. The first-order valence-electron chi connectivity index (χ1n) is 12.5. The van der Waals surface area contributed by atoms with Crippen molar-refractivity contribution in [1.29, 1.82) is 0 Å². The second kappa shape index (κ2) is 11.8. The van der Waals surface area contributed by atoms with Gasteiger partial charge in [-0.15, -0.1) is 11.3 Å². The maximum Gasteiger partial charge on any atom is 0.349 e. The number of sulfonamides is 1. The van der Waals surface area contributed by atoms with Crippen LogP contribution < -0.4 is 15.8 Å². The molecule has 14 heteroatoms. The van der Waals surface area contributed by atoms with Crippen molar-refractivity contribution in [2.45, 2.75) is 44.0 Å². The third kappa shape index (κ3) is 6.92. The molecule has 1 unspecified atom stereocenters. The Balaban J connectivity index is 1.50. The number of hydrogen-bond acceptors (Lipinski definition) is 8. The molecule has 1 saturated heterocycles. The van der Waals surface area contributed by atoms with Gasteiger partial charge in [0.1, 0.15) is 10.8 Å². The predicted molar refractivity (Wildman–Crippen MR) is 156 cm³/mol. The first-order chi connectivity index (χ1) is 19.2. The number of anilines is 2. The molecule has 10 nitrogen and oxygen atoms in total. The highest BCUT2D eigenvalue weighted by Crippen LogP contribution is 2.46. The number of piperidine rings is 1. The van der Waals surface area contributed by atoms with Crippen LogP contribution in [-0.2, 0) is 20.6 Å². The lowest BCUT2D eigenvalue weighted by Crippen LogP contribution is -2.55. The Morgan fingerprint density at radius 3 is 2.63 bits per heavy atom. The van der Waals surface area contributed by atoms with Gasteiger partial charge in [0.2, 0.25) is 10.0 Å². The Morgan fingerprint density at radius 1 is 1.24 bits per heavy atom. The van der Waals surface area contributed by atoms with E-state index in [0.29, 0.717) is 29.0 Å². The third-order valence-corrected chi connectivity index (χ3v) is 10.4. The smallest absolute Gasteiger partial charge is 0.349 e. The molecule has 0 saturated carbocycles. The Hall–Kier alpha value is -3.39. The summed E-state index contributed by atoms with van der Waals surface area (Å²) in [6, 6.07) is 10.9. The maximum atomic E-state index is 14.3. The molecule has 1 fully saturated rings. The van der Waals surface area contributed by atoms with E-state index in [0.717, 1.165) is 17.4 Å². The average Bonchev–Trinajstić information content (AvgIpc) is 3.20. The van der Waals surface area contributed by atoms with E-state index in [1.807, 2.05) is 19.9 Å². The van der Waals surface area contributed by atoms with Gasteiger partial charge in [0.25, 0.3) is 0 Å². The summed E-state index contributed by atoms with van der Waals surface area (Å²) in [6.45, 7) is 3.13. The van der Waals surface area contributed by atoms with Gasteiger partial charge in [0.15, 0.2) is 17.2 Å². The molecule has 2 aromatic carbocycles. The molecular weight excluding hydrogens is 597 g/mol. The van der Waals surface area contributed by atoms with Gasteiger partial charge in [0, 0.05) is 35.1 Å². The van der Waals surface area contributed by atoms with Crippen molar-refractivity contribution in [1.82, 2.24) is 4.31 Å². The van der Waals surface area contributed by atoms with E-state index in [4.69, 9.17) is 27.2 Å². The van der Waals surface area contributed by atoms with Crippen molar-refractivity contribution in [3.05, 3.63) is 63.7 Å². The maximum absolute atomic E-state index is 14.3. The van der Waals surface area contributed by atoms with Gasteiger partial charge in [-0.3, -0.25) is 0 Å². The summed E-state index contributed by atoms with van der Waals surface area (Å²) >= 11 is 7.30. The number of rotatable bonds is 10. The van der Waals surface area contributed by atoms with Gasteiger partial charge in [-0.05, 0) is 62.6 Å². The molecule has 0 bridgehead atoms. The van der Waals surface area contributed by atoms with Crippen LogP contribution in [0.2, 0.25) is 5.02 Å². The fourth-order valence-corrected chi connectivity index (χ4v) is 8.36. The van der Waals surface area contributed by atoms with Crippen molar-refractivity contribution in [2.75, 3.05) is 24.2 Å². The third-order valence-electron chi connectivity index (χ3n) is 6.68. The highest BCUT2D eigenvalue weighted by Gasteiger charge is 2.41. The molecule has 1 atom stereocenters. The van der Waals surface area contributed by atoms with Crippen LogP contribution in [0.1, 0.15) is 41.9 Å². The van der Waals surface area contributed by atoms with E-state index < -0.39 is 45.7 Å². The van der Waals surface area contributed by atoms with Crippen molar-refractivity contribution < 1.29 is 37.3 Å². The van der Waals surface area contributed by atoms with Gasteiger partial charge in [-0.25, -0.2) is 22.4 Å². The fraction of sp³-hybridized carbons (Fsp3) is 0.333. The number of aliphatic carboxylic acids is 1. The van der Waals surface area contributed by atoms with Gasteiger partial charge >= 0.3 is 11.9 Å². The highest BCUT2D eigenvalue weighted by molar-refractivity contribution is 7.88. The lowest BCUT2D eigenvalue weighted by Gasteiger charge is -2.45. The minimum absolute atomic E-state index is 0.00190. The van der Waals surface area contributed by atoms with Gasteiger partial charge in [0.05, 0.1) is 10.6 Å². The van der Waals surface area contributed by atoms with Crippen LogP contribution in [-0.4, -0.2) is 59.6 Å². The zero-order chi connectivity index (χ0) is 30.1. The lowest BCUT2D eigenvalue weighted by atomic mass is 9.89. The van der Waals surface area contributed by atoms with Crippen LogP contribution in [0, 0.1) is 5.82 Å². The van der Waals surface area contributed by atoms with Gasteiger partial charge < -0.3 is 26.0 Å². The Morgan fingerprint density at radius 2 is 1.98 bits per heavy atom. The zero-order valence-corrected chi connectivity index (χ0v) is 24.6. The number of nitrogens with two attached hydrogens (primary N) is 1. The molecule has 220 valence electrons. The summed E-state index contributed by atoms with van der Waals surface area (Å²) < 4.78 is 47.4. The molecule has 2 heterocycles. The van der Waals surface area contributed by atoms with E-state index >= 15 is 0 Å². The molecule has 4 rings (SSSR count). The number of carboxylic acid groups (broad SMARTS) is 2. The molecule has 41 heavy (non-hydrogen) atoms. The van der Waals surface area contributed by atoms with E-state index in [1.165, 1.54) is 16.4 Å². The summed E-state index contributed by atoms with van der Waals surface area (Å²) in [5.41, 5.74) is 6.57. The van der Waals surface area contributed by atoms with Crippen LogP contribution in [0.15, 0.2) is 42.5 Å². The lowest BCUT2D eigenvalue weighted by molar-refractivity contribution is -0.139. The highest BCUT2D eigenvalue weighted by atomic mass is 35.5. The summed E-state index contributed by atoms with van der Waals surface area (Å²) in [7, 11) is -3.85. The molecule has 1 aliphatic heterocycles. The Kier molecular flexibility index (Phi) is 8.83. The SMILES string of the molecule is CC1(C)CC(Nc2cccc(-c3sc(C(=O)O)c(OCC(=O)O)c3Cl)c2)CCN1S(=O)(=O)Cc1cc(N)ccc1F. The van der Waals surface area contributed by atoms with Gasteiger partial charge in [-0.2, -0.15) is 4.31 Å². The summed E-state index contributed by atoms with van der Waals surface area (Å²) in [6.07, 6.45) is 0.953. The molecule has 0 radical (unpaired) electrons. The number of carbonyl (C=O) groups is 2. The number of halogens is 2. The number of aromatic carboxylic acids is 1. The standard InChI is InChI=1S/C27H29ClFN3O7S2/c1-27(2)12-19(8-9-32(27)41(37,38)14-16-10-17(30)6-7-20(16)29)31-18-5-3-4-15(11-18)24-22(28)23(39-13-21(33)34)25(40-24)26(35)36/h3-7,10-11,19,31H,8-9,12-14,30H2,1-2H3,(H,33,34)(H,35,36). The fourth-order valence-electron chi connectivity index (χ4n) is 4.97. The topological polar surface area (TPSA) is 159 Å². The summed E-state index contributed by atoms with van der Waals surface area (Å²) in [5, 5.41) is 21.9. The number of thiophene rings is 1. The van der Waals surface area contributed by atoms with E-state index in [9.17, 15) is 27.5 Å². The number of nitrogens with one attached hydrogen (secondary N) is 1. The van der Waals surface area contributed by atoms with Crippen molar-refractivity contribution in [3.63, 3.8) is 0 Å². The number of nitrogens with zero attached hydrogens (tertiary/aromatic N) is 1. The minimum Gasteiger partial charge on any atom is -0.479 e. The normalized spacial score (nSPS) is 17.2. The zero-order valence-electron chi connectivity index (χ0n) is 22.2. The van der Waals surface area contributed by atoms with Crippen LogP contribution in [0.25, 0.3) is 10.4 Å². The number of nitrogen functional groups attached to an aromatic ring is 1. The van der Waals surface area contributed by atoms with E-state index in [2.05, 4.69) is 5.32 Å². The Bertz CT molecular complexity index is 1590. The average molecular weight is 626 g/mol. The van der Waals surface area contributed by atoms with Crippen molar-refractivity contribution in [3.8, 4) is 16.2 Å². The molecule has 1 aliphatic rings. The van der Waals surface area contributed by atoms with Crippen LogP contribution in [0.5, 0.6) is 5.75 Å². The van der Waals surface area contributed by atoms with Crippen molar-refractivity contribution in [2.24, 2.45) is 0 Å². The molecular formula is C27H29ClFN3O7S2. The van der Waals surface area contributed by atoms with E-state index in [-0.39, 0.29) is 39.5 Å². The molecule has 0 amide bonds. The molecule has 1 aromatic heterocycles. The first kappa shape index (κ1) is 30.6. The minimum atomic E-state index is -3.85. The van der Waals surface area contributed by atoms with Crippen LogP contribution >= 0.6 is 22.9 Å². The van der Waals surface area contributed by atoms with Crippen LogP contribution in [0.3, 0.4) is 0 Å². The van der Waals surface area contributed by atoms with Crippen LogP contribution in [0.4, 0.5) is 15.8 Å².